The van der Waals surface area contributed by atoms with Gasteiger partial charge in [0.25, 0.3) is 15.9 Å². The van der Waals surface area contributed by atoms with E-state index in [4.69, 9.17) is 4.74 Å². The number of ether oxygens (including phenoxy) is 1. The van der Waals surface area contributed by atoms with Gasteiger partial charge in [0, 0.05) is 0 Å². The van der Waals surface area contributed by atoms with Gasteiger partial charge in [0.15, 0.2) is 6.61 Å². The Morgan fingerprint density at radius 3 is 2.00 bits per heavy atom. The van der Waals surface area contributed by atoms with Gasteiger partial charge in [0.05, 0.1) is 10.6 Å². The molecule has 0 aliphatic carbocycles. The van der Waals surface area contributed by atoms with Gasteiger partial charge in [0.2, 0.25) is 0 Å². The lowest BCUT2D eigenvalue weighted by atomic mass is 10.1. The number of amides is 1. The van der Waals surface area contributed by atoms with Gasteiger partial charge in [-0.2, -0.15) is 4.31 Å². The molecule has 4 aromatic carbocycles. The highest BCUT2D eigenvalue weighted by molar-refractivity contribution is 7.93. The SMILES string of the molecule is Cc1ccc(C)c(N(C(=O)COc2ccc(-c3ccccc3)cc2)S(=O)(=O)c2ccccc2)c1. The average Bonchev–Trinajstić information content (AvgIpc) is 2.86. The molecule has 0 saturated heterocycles. The van der Waals surface area contributed by atoms with Gasteiger partial charge in [-0.3, -0.25) is 4.79 Å². The Balaban J connectivity index is 1.61. The van der Waals surface area contributed by atoms with Crippen LogP contribution >= 0.6 is 0 Å². The number of benzene rings is 4. The Kier molecular flexibility index (Phi) is 6.80. The fourth-order valence-electron chi connectivity index (χ4n) is 3.61. The number of aryl methyl sites for hydroxylation is 2. The minimum Gasteiger partial charge on any atom is -0.484 e. The van der Waals surface area contributed by atoms with Crippen LogP contribution in [0.15, 0.2) is 108 Å². The zero-order valence-electron chi connectivity index (χ0n) is 19.0. The number of hydrogen-bond donors (Lipinski definition) is 0. The van der Waals surface area contributed by atoms with E-state index >= 15 is 0 Å². The molecule has 0 aliphatic heterocycles. The maximum Gasteiger partial charge on any atom is 0.278 e. The van der Waals surface area contributed by atoms with Gasteiger partial charge in [-0.25, -0.2) is 8.42 Å². The largest absolute Gasteiger partial charge is 0.484 e. The van der Waals surface area contributed by atoms with E-state index in [1.807, 2.05) is 55.5 Å². The molecule has 0 bridgehead atoms. The molecule has 0 spiro atoms. The molecule has 5 nitrogen and oxygen atoms in total. The van der Waals surface area contributed by atoms with Crippen LogP contribution in [0.3, 0.4) is 0 Å². The van der Waals surface area contributed by atoms with Gasteiger partial charge in [0.1, 0.15) is 5.75 Å². The first kappa shape index (κ1) is 23.3. The van der Waals surface area contributed by atoms with E-state index in [1.165, 1.54) is 12.1 Å². The van der Waals surface area contributed by atoms with Crippen molar-refractivity contribution in [3.63, 3.8) is 0 Å². The number of nitrogens with zero attached hydrogens (tertiary/aromatic N) is 1. The fourth-order valence-corrected chi connectivity index (χ4v) is 5.10. The molecule has 172 valence electrons. The van der Waals surface area contributed by atoms with Gasteiger partial charge < -0.3 is 4.74 Å². The molecular weight excluding hydrogens is 446 g/mol. The van der Waals surface area contributed by atoms with Crippen LogP contribution < -0.4 is 9.04 Å². The predicted molar refractivity (Wildman–Crippen MR) is 134 cm³/mol. The number of sulfonamides is 1. The van der Waals surface area contributed by atoms with Crippen molar-refractivity contribution in [3.05, 3.63) is 114 Å². The molecule has 0 aromatic heterocycles. The molecule has 6 heteroatoms. The van der Waals surface area contributed by atoms with Gasteiger partial charge in [-0.1, -0.05) is 72.8 Å². The van der Waals surface area contributed by atoms with E-state index in [-0.39, 0.29) is 4.90 Å². The van der Waals surface area contributed by atoms with Crippen molar-refractivity contribution in [3.8, 4) is 16.9 Å². The zero-order valence-corrected chi connectivity index (χ0v) is 19.8. The lowest BCUT2D eigenvalue weighted by Gasteiger charge is -2.24. The second kappa shape index (κ2) is 9.93. The normalized spacial score (nSPS) is 11.1. The zero-order chi connectivity index (χ0) is 24.1. The summed E-state index contributed by atoms with van der Waals surface area (Å²) in [7, 11) is -4.14. The van der Waals surface area contributed by atoms with Gasteiger partial charge in [-0.05, 0) is 66.4 Å². The molecule has 0 N–H and O–H groups in total. The van der Waals surface area contributed by atoms with Crippen LogP contribution in [0.2, 0.25) is 0 Å². The number of rotatable bonds is 7. The maximum atomic E-state index is 13.5. The summed E-state index contributed by atoms with van der Waals surface area (Å²) < 4.78 is 33.6. The highest BCUT2D eigenvalue weighted by atomic mass is 32.2. The Hall–Kier alpha value is -3.90. The fraction of sp³-hybridized carbons (Fsp3) is 0.107. The third kappa shape index (κ3) is 5.02. The van der Waals surface area contributed by atoms with E-state index in [1.54, 1.807) is 49.4 Å². The molecule has 0 radical (unpaired) electrons. The van der Waals surface area contributed by atoms with E-state index in [0.717, 1.165) is 21.0 Å². The third-order valence-corrected chi connectivity index (χ3v) is 7.16. The van der Waals surface area contributed by atoms with E-state index in [0.29, 0.717) is 17.0 Å². The standard InChI is InChI=1S/C28H25NO4S/c1-21-13-14-22(2)27(19-21)29(34(31,32)26-11-7-4-8-12-26)28(30)20-33-25-17-15-24(16-18-25)23-9-5-3-6-10-23/h3-19H,20H2,1-2H3. The van der Waals surface area contributed by atoms with E-state index in [2.05, 4.69) is 0 Å². The first-order valence-electron chi connectivity index (χ1n) is 10.8. The summed E-state index contributed by atoms with van der Waals surface area (Å²) in [6.07, 6.45) is 0. The third-order valence-electron chi connectivity index (χ3n) is 5.42. The van der Waals surface area contributed by atoms with Crippen LogP contribution in [0, 0.1) is 13.8 Å². The lowest BCUT2D eigenvalue weighted by molar-refractivity contribution is -0.119. The summed E-state index contributed by atoms with van der Waals surface area (Å²) in [6.45, 7) is 3.20. The molecule has 0 saturated carbocycles. The van der Waals surface area contributed by atoms with Crippen molar-refractivity contribution in [2.75, 3.05) is 10.9 Å². The maximum absolute atomic E-state index is 13.5. The monoisotopic (exact) mass is 471 g/mol. The number of carbonyl (C=O) groups is 1. The molecule has 0 unspecified atom stereocenters. The first-order chi connectivity index (χ1) is 16.4. The van der Waals surface area contributed by atoms with Crippen LogP contribution in [0.5, 0.6) is 5.75 Å². The Labute approximate surface area is 200 Å². The summed E-state index contributed by atoms with van der Waals surface area (Å²) in [4.78, 5) is 13.3. The van der Waals surface area contributed by atoms with E-state index < -0.39 is 22.5 Å². The van der Waals surface area contributed by atoms with Crippen molar-refractivity contribution < 1.29 is 17.9 Å². The summed E-state index contributed by atoms with van der Waals surface area (Å²) in [5.74, 6) is -0.198. The Morgan fingerprint density at radius 1 is 0.765 bits per heavy atom. The quantitative estimate of drug-likeness (QED) is 0.343. The van der Waals surface area contributed by atoms with Crippen molar-refractivity contribution in [1.82, 2.24) is 0 Å². The smallest absolute Gasteiger partial charge is 0.278 e. The van der Waals surface area contributed by atoms with Crippen LogP contribution in [0.4, 0.5) is 5.69 Å². The van der Waals surface area contributed by atoms with Crippen LogP contribution in [-0.2, 0) is 14.8 Å². The minimum absolute atomic E-state index is 0.0384. The second-order valence-corrected chi connectivity index (χ2v) is 9.73. The molecule has 0 atom stereocenters. The van der Waals surface area contributed by atoms with E-state index in [9.17, 15) is 13.2 Å². The average molecular weight is 472 g/mol. The Bertz CT molecular complexity index is 1380. The summed E-state index contributed by atoms with van der Waals surface area (Å²) in [5, 5.41) is 0. The molecule has 0 heterocycles. The van der Waals surface area contributed by atoms with Crippen molar-refractivity contribution in [2.24, 2.45) is 0 Å². The lowest BCUT2D eigenvalue weighted by Crippen LogP contribution is -2.40. The van der Waals surface area contributed by atoms with Crippen LogP contribution in [0.25, 0.3) is 11.1 Å². The molecule has 0 fully saturated rings. The summed E-state index contributed by atoms with van der Waals surface area (Å²) in [6, 6.07) is 30.6. The van der Waals surface area contributed by atoms with Crippen molar-refractivity contribution in [2.45, 2.75) is 18.7 Å². The number of carbonyl (C=O) groups excluding carboxylic acids is 1. The van der Waals surface area contributed by atoms with Crippen LogP contribution in [0.1, 0.15) is 11.1 Å². The topological polar surface area (TPSA) is 63.7 Å². The first-order valence-corrected chi connectivity index (χ1v) is 12.3. The predicted octanol–water partition coefficient (Wildman–Crippen LogP) is 5.77. The molecule has 4 rings (SSSR count). The highest BCUT2D eigenvalue weighted by Gasteiger charge is 2.32. The summed E-state index contributed by atoms with van der Waals surface area (Å²) >= 11 is 0. The second-order valence-electron chi connectivity index (χ2n) is 7.95. The van der Waals surface area contributed by atoms with Crippen LogP contribution in [-0.4, -0.2) is 20.9 Å². The molecular formula is C28H25NO4S. The molecule has 0 aliphatic rings. The molecule has 1 amide bonds. The van der Waals surface area contributed by atoms with Gasteiger partial charge >= 0.3 is 0 Å². The van der Waals surface area contributed by atoms with Crippen molar-refractivity contribution in [1.29, 1.82) is 0 Å². The molecule has 4 aromatic rings. The number of hydrogen-bond acceptors (Lipinski definition) is 4. The minimum atomic E-state index is -4.14. The van der Waals surface area contributed by atoms with Gasteiger partial charge in [-0.15, -0.1) is 0 Å². The molecule has 34 heavy (non-hydrogen) atoms. The Morgan fingerprint density at radius 2 is 1.35 bits per heavy atom. The number of anilines is 1. The highest BCUT2D eigenvalue weighted by Crippen LogP contribution is 2.29. The van der Waals surface area contributed by atoms with Crippen molar-refractivity contribution >= 4 is 21.6 Å². The summed E-state index contributed by atoms with van der Waals surface area (Å²) in [5.41, 5.74) is 3.92.